The molecule has 2 saturated heterocycles. The Morgan fingerprint density at radius 3 is 1.92 bits per heavy atom. The van der Waals surface area contributed by atoms with E-state index in [0.29, 0.717) is 6.42 Å². The molecule has 3 rings (SSSR count). The molecular weight excluding hydrogens is 1130 g/mol. The number of carboxylic acids is 1. The summed E-state index contributed by atoms with van der Waals surface area (Å²) in [6, 6.07) is -10.2. The zero-order valence-electron chi connectivity index (χ0n) is 47.1. The molecular formula is C52H85N11O22. The first kappa shape index (κ1) is 72.5. The normalized spacial score (nSPS) is 27.8. The van der Waals surface area contributed by atoms with Crippen molar-refractivity contribution >= 4 is 59.1 Å². The molecule has 480 valence electrons. The van der Waals surface area contributed by atoms with Gasteiger partial charge >= 0.3 is 5.97 Å². The first-order valence-electron chi connectivity index (χ1n) is 27.9. The van der Waals surface area contributed by atoms with E-state index < -0.39 is 222 Å². The minimum Gasteiger partial charge on any atom is -0.508 e. The number of benzene rings is 1. The third-order valence-corrected chi connectivity index (χ3v) is 13.9. The van der Waals surface area contributed by atoms with Crippen molar-refractivity contribution < 1.29 is 108 Å². The number of hydrogen-bond donors (Lipinski definition) is 21. The van der Waals surface area contributed by atoms with E-state index in [1.807, 2.05) is 10.6 Å². The predicted octanol–water partition coefficient (Wildman–Crippen LogP) is -8.18. The summed E-state index contributed by atoms with van der Waals surface area (Å²) >= 11 is 0. The number of primary amides is 1. The summed E-state index contributed by atoms with van der Waals surface area (Å²) in [5, 5.41) is 123. The first-order valence-corrected chi connectivity index (χ1v) is 27.9. The van der Waals surface area contributed by atoms with E-state index in [0.717, 1.165) is 69.2 Å². The van der Waals surface area contributed by atoms with Gasteiger partial charge in [-0.15, -0.1) is 0 Å². The number of unbranched alkanes of at least 4 members (excludes halogenated alkanes) is 6. The van der Waals surface area contributed by atoms with Gasteiger partial charge in [-0.05, 0) is 49.8 Å². The van der Waals surface area contributed by atoms with Crippen LogP contribution in [0, 0.1) is 0 Å². The smallest absolute Gasteiger partial charge is 0.305 e. The molecule has 0 saturated carbocycles. The van der Waals surface area contributed by atoms with Gasteiger partial charge in [0.25, 0.3) is 0 Å². The minimum absolute atomic E-state index is 0.0344. The second-order valence-corrected chi connectivity index (χ2v) is 21.0. The van der Waals surface area contributed by atoms with Gasteiger partial charge in [-0.3, -0.25) is 47.9 Å². The molecule has 16 atom stereocenters. The fourth-order valence-corrected chi connectivity index (χ4v) is 9.08. The number of carbonyl (C=O) groups is 10. The Morgan fingerprint density at radius 2 is 1.29 bits per heavy atom. The lowest BCUT2D eigenvalue weighted by atomic mass is 9.95. The van der Waals surface area contributed by atoms with Gasteiger partial charge in [0, 0.05) is 25.0 Å². The number of amides is 9. The third kappa shape index (κ3) is 25.0. The van der Waals surface area contributed by atoms with Crippen LogP contribution in [0.2, 0.25) is 0 Å². The quantitative estimate of drug-likeness (QED) is 0.0428. The lowest BCUT2D eigenvalue weighted by Gasteiger charge is -2.38. The number of aromatic hydroxyl groups is 1. The van der Waals surface area contributed by atoms with E-state index in [2.05, 4.69) is 38.8 Å². The molecule has 2 aliphatic heterocycles. The van der Waals surface area contributed by atoms with Gasteiger partial charge in [0.15, 0.2) is 12.4 Å². The summed E-state index contributed by atoms with van der Waals surface area (Å²) in [7, 11) is 0. The molecule has 13 unspecified atom stereocenters. The zero-order valence-corrected chi connectivity index (χ0v) is 47.1. The van der Waals surface area contributed by atoms with E-state index in [4.69, 9.17) is 26.7 Å². The molecule has 0 radical (unpaired) electrons. The van der Waals surface area contributed by atoms with Crippen LogP contribution in [0.1, 0.15) is 108 Å². The minimum atomic E-state index is -2.52. The lowest BCUT2D eigenvalue weighted by molar-refractivity contribution is -0.285. The van der Waals surface area contributed by atoms with Gasteiger partial charge in [0.05, 0.1) is 51.0 Å². The number of phenols is 1. The van der Waals surface area contributed by atoms with Crippen molar-refractivity contribution in [3.8, 4) is 5.75 Å². The van der Waals surface area contributed by atoms with Gasteiger partial charge in [-0.2, -0.15) is 0 Å². The van der Waals surface area contributed by atoms with Gasteiger partial charge in [-0.1, -0.05) is 64.0 Å². The molecule has 9 amide bonds. The molecule has 1 aromatic rings. The van der Waals surface area contributed by atoms with Crippen LogP contribution in [-0.2, 0) is 57.4 Å². The molecule has 0 aromatic heterocycles. The monoisotopic (exact) mass is 1220 g/mol. The Kier molecular flexibility index (Phi) is 31.5. The summed E-state index contributed by atoms with van der Waals surface area (Å²) in [5.74, 6) is -14.0. The summed E-state index contributed by atoms with van der Waals surface area (Å²) in [4.78, 5) is 134. The first-order chi connectivity index (χ1) is 40.2. The van der Waals surface area contributed by atoms with Crippen LogP contribution in [0.15, 0.2) is 24.3 Å². The number of aliphatic carboxylic acids is 1. The van der Waals surface area contributed by atoms with E-state index in [1.54, 1.807) is 0 Å². The van der Waals surface area contributed by atoms with Gasteiger partial charge in [0.1, 0.15) is 60.4 Å². The van der Waals surface area contributed by atoms with Gasteiger partial charge < -0.3 is 120 Å². The SMILES string of the molecule is CCCCCCCCCC(N)CC(O)CC(CC1CC(=O)NC(CO)C(=O)NC(C(O)c2ccc(O)cc2)C(=O)NC(CC(=O)O)C(=O)NC(CO)C(=O)NCC(=O)NCCC(N)C(=O)NC(C(O)C(N)=O)C(=O)N1)OC1OC[C@@H](O)[C@H](O)[C@H]1O. The standard InChI is InChI=1S/C52H85N11O22/c1-2-3-4-5-6-7-8-9-26(53)16-29(67)19-30(85-52-44(76)42(74)35(68)24-84-52)17-27-18-36(69)59-34(23-65)49(81)63-39(41(73)25-10-12-28(66)13-11-25)51(83)60-32(20-38(71)72)48(80)61-33(22-64)47(79)57-21-37(70)56-15-14-31(54)46(78)62-40(50(82)58-27)43(75)45(55)77/h10-13,26-27,29-35,39-44,52,64-68,73-76H,2-9,14-24,53-54H2,1H3,(H2,55,77)(H,56,70)(H,57,79)(H,58,82)(H,59,69)(H,60,83)(H,61,80)(H,62,78)(H,63,81)(H,71,72)/t26?,27?,29?,30?,31?,32?,33?,34?,35-,39?,40?,41?,42+,43?,44-,52?/m1/s1. The van der Waals surface area contributed by atoms with Crippen molar-refractivity contribution in [1.82, 2.24) is 42.5 Å². The highest BCUT2D eigenvalue weighted by Gasteiger charge is 2.42. The third-order valence-electron chi connectivity index (χ3n) is 13.9. The summed E-state index contributed by atoms with van der Waals surface area (Å²) in [6.45, 7) is -2.15. The summed E-state index contributed by atoms with van der Waals surface area (Å²) < 4.78 is 11.5. The fraction of sp³-hybridized carbons (Fsp3) is 0.692. The predicted molar refractivity (Wildman–Crippen MR) is 293 cm³/mol. The van der Waals surface area contributed by atoms with Gasteiger partial charge in [0.2, 0.25) is 53.2 Å². The Labute approximate surface area is 488 Å². The summed E-state index contributed by atoms with van der Waals surface area (Å²) in [6.07, 6.45) is -10.7. The fourth-order valence-electron chi connectivity index (χ4n) is 9.08. The number of rotatable bonds is 24. The molecule has 0 aliphatic carbocycles. The number of nitrogens with one attached hydrogen (secondary N) is 8. The maximum Gasteiger partial charge on any atom is 0.305 e. The van der Waals surface area contributed by atoms with Crippen LogP contribution in [0.3, 0.4) is 0 Å². The van der Waals surface area contributed by atoms with Crippen LogP contribution >= 0.6 is 0 Å². The van der Waals surface area contributed by atoms with Crippen LogP contribution in [0.25, 0.3) is 0 Å². The molecule has 24 N–H and O–H groups in total. The maximum absolute atomic E-state index is 14.3. The number of nitrogens with two attached hydrogens (primary N) is 3. The van der Waals surface area contributed by atoms with E-state index >= 15 is 0 Å². The van der Waals surface area contributed by atoms with E-state index in [-0.39, 0.29) is 17.7 Å². The largest absolute Gasteiger partial charge is 0.508 e. The van der Waals surface area contributed by atoms with Crippen molar-refractivity contribution in [2.75, 3.05) is 32.9 Å². The Morgan fingerprint density at radius 1 is 0.706 bits per heavy atom. The molecule has 85 heavy (non-hydrogen) atoms. The topological polar surface area (TPSA) is 566 Å². The molecule has 1 aromatic carbocycles. The number of aliphatic hydroxyl groups is 8. The van der Waals surface area contributed by atoms with Crippen molar-refractivity contribution in [3.63, 3.8) is 0 Å². The lowest BCUT2D eigenvalue weighted by Crippen LogP contribution is -2.61. The molecule has 33 heteroatoms. The Hall–Kier alpha value is -6.76. The maximum atomic E-state index is 14.3. The number of phenolic OH excluding ortho intramolecular Hbond substituents is 1. The molecule has 0 spiro atoms. The molecule has 33 nitrogen and oxygen atoms in total. The number of ether oxygens (including phenoxy) is 2. The molecule has 2 heterocycles. The van der Waals surface area contributed by atoms with Gasteiger partial charge in [-0.25, -0.2) is 0 Å². The highest BCUT2D eigenvalue weighted by atomic mass is 16.7. The molecule has 2 fully saturated rings. The second-order valence-electron chi connectivity index (χ2n) is 21.0. The number of hydrogen-bond acceptors (Lipinski definition) is 23. The zero-order chi connectivity index (χ0) is 63.5. The van der Waals surface area contributed by atoms with Crippen LogP contribution in [0.5, 0.6) is 5.75 Å². The number of carboxylic acid groups (broad SMARTS) is 1. The average Bonchev–Trinajstić information content (AvgIpc) is 3.58. The van der Waals surface area contributed by atoms with Crippen LogP contribution in [0.4, 0.5) is 0 Å². The Balaban J connectivity index is 2.14. The van der Waals surface area contributed by atoms with Crippen LogP contribution < -0.4 is 59.7 Å². The Bertz CT molecular complexity index is 2360. The summed E-state index contributed by atoms with van der Waals surface area (Å²) in [5.41, 5.74) is 17.6. The van der Waals surface area contributed by atoms with Crippen molar-refractivity contribution in [1.29, 1.82) is 0 Å². The highest BCUT2D eigenvalue weighted by Crippen LogP contribution is 2.25. The van der Waals surface area contributed by atoms with Crippen molar-refractivity contribution in [2.45, 2.75) is 194 Å². The number of carbonyl (C=O) groups excluding carboxylic acids is 9. The van der Waals surface area contributed by atoms with E-state index in [1.165, 1.54) is 0 Å². The highest BCUT2D eigenvalue weighted by molar-refractivity contribution is 5.98. The van der Waals surface area contributed by atoms with Crippen molar-refractivity contribution in [2.24, 2.45) is 17.2 Å². The second kappa shape index (κ2) is 36.9. The average molecular weight is 1220 g/mol. The van der Waals surface area contributed by atoms with Crippen molar-refractivity contribution in [3.05, 3.63) is 29.8 Å². The molecule has 0 bridgehead atoms. The van der Waals surface area contributed by atoms with Crippen LogP contribution in [-0.4, -0.2) is 234 Å². The number of aliphatic hydroxyl groups excluding tert-OH is 8. The molecule has 2 aliphatic rings. The van der Waals surface area contributed by atoms with E-state index in [9.17, 15) is 99.0 Å².